The van der Waals surface area contributed by atoms with Crippen LogP contribution in [0.5, 0.6) is 0 Å². The van der Waals surface area contributed by atoms with Crippen LogP contribution in [0.1, 0.15) is 13.8 Å². The highest BCUT2D eigenvalue weighted by molar-refractivity contribution is 5.81. The van der Waals surface area contributed by atoms with E-state index in [0.29, 0.717) is 0 Å². The van der Waals surface area contributed by atoms with E-state index in [4.69, 9.17) is 9.84 Å². The van der Waals surface area contributed by atoms with Crippen LogP contribution in [0.3, 0.4) is 0 Å². The molecule has 13 heavy (non-hydrogen) atoms. The maximum absolute atomic E-state index is 10.9. The van der Waals surface area contributed by atoms with Crippen molar-refractivity contribution in [2.45, 2.75) is 38.4 Å². The van der Waals surface area contributed by atoms with E-state index in [2.05, 4.69) is 0 Å². The number of carbonyl (C=O) groups is 1. The quantitative estimate of drug-likeness (QED) is 0.476. The maximum Gasteiger partial charge on any atom is 0.182 e. The molecule has 1 fully saturated rings. The summed E-state index contributed by atoms with van der Waals surface area (Å²) in [5.74, 6) is -0.928. The molecule has 0 aromatic rings. The third kappa shape index (κ3) is 1.88. The third-order valence-corrected chi connectivity index (χ3v) is 2.37. The summed E-state index contributed by atoms with van der Waals surface area (Å²) in [5, 5.41) is 27.9. The minimum absolute atomic E-state index is 0.356. The number of aliphatic hydroxyl groups is 3. The Balaban J connectivity index is 2.76. The molecule has 1 rings (SSSR count). The van der Waals surface area contributed by atoms with Crippen molar-refractivity contribution in [1.82, 2.24) is 0 Å². The molecule has 0 aliphatic carbocycles. The molecule has 0 saturated carbocycles. The zero-order chi connectivity index (χ0) is 10.2. The van der Waals surface area contributed by atoms with Gasteiger partial charge in [-0.1, -0.05) is 6.92 Å². The standard InChI is InChI=1S/C8H14O5/c1-3-5(10)7(4(2)9)13-8(12)6(3)11/h3,5-8,10-12H,1-2H3/t3?,5-,6+,7?,8?/m0/s1. The lowest BCUT2D eigenvalue weighted by Gasteiger charge is -2.38. The van der Waals surface area contributed by atoms with Gasteiger partial charge in [-0.3, -0.25) is 4.79 Å². The normalized spacial score (nSPS) is 46.1. The van der Waals surface area contributed by atoms with Crippen molar-refractivity contribution >= 4 is 5.78 Å². The van der Waals surface area contributed by atoms with Crippen molar-refractivity contribution in [3.63, 3.8) is 0 Å². The van der Waals surface area contributed by atoms with Crippen LogP contribution in [-0.2, 0) is 9.53 Å². The molecule has 0 aromatic carbocycles. The van der Waals surface area contributed by atoms with Gasteiger partial charge in [0.25, 0.3) is 0 Å². The van der Waals surface area contributed by atoms with Gasteiger partial charge < -0.3 is 20.1 Å². The minimum atomic E-state index is -1.40. The number of ether oxygens (including phenoxy) is 1. The molecule has 76 valence electrons. The second kappa shape index (κ2) is 3.71. The van der Waals surface area contributed by atoms with Crippen molar-refractivity contribution in [2.24, 2.45) is 5.92 Å². The number of hydrogen-bond donors (Lipinski definition) is 3. The van der Waals surface area contributed by atoms with Crippen molar-refractivity contribution in [1.29, 1.82) is 0 Å². The van der Waals surface area contributed by atoms with Gasteiger partial charge in [-0.05, 0) is 6.92 Å². The third-order valence-electron chi connectivity index (χ3n) is 2.37. The van der Waals surface area contributed by atoms with Crippen molar-refractivity contribution < 1.29 is 24.9 Å². The topological polar surface area (TPSA) is 87.0 Å². The van der Waals surface area contributed by atoms with E-state index in [9.17, 15) is 15.0 Å². The Morgan fingerprint density at radius 2 is 1.77 bits per heavy atom. The molecule has 5 nitrogen and oxygen atoms in total. The monoisotopic (exact) mass is 190 g/mol. The summed E-state index contributed by atoms with van der Waals surface area (Å²) in [6, 6.07) is 0. The van der Waals surface area contributed by atoms with E-state index in [1.54, 1.807) is 6.92 Å². The lowest BCUT2D eigenvalue weighted by atomic mass is 9.89. The SMILES string of the molecule is CC(=O)C1OC(O)[C@H](O)C(C)[C@@H]1O. The molecule has 0 spiro atoms. The van der Waals surface area contributed by atoms with Gasteiger partial charge in [0.1, 0.15) is 12.2 Å². The largest absolute Gasteiger partial charge is 0.390 e. The lowest BCUT2D eigenvalue weighted by Crippen LogP contribution is -2.55. The van der Waals surface area contributed by atoms with Crippen LogP contribution in [-0.4, -0.2) is 45.7 Å². The van der Waals surface area contributed by atoms with Crippen LogP contribution in [0.25, 0.3) is 0 Å². The number of rotatable bonds is 1. The van der Waals surface area contributed by atoms with Gasteiger partial charge >= 0.3 is 0 Å². The van der Waals surface area contributed by atoms with Gasteiger partial charge in [-0.15, -0.1) is 0 Å². The smallest absolute Gasteiger partial charge is 0.182 e. The first-order valence-electron chi connectivity index (χ1n) is 4.15. The van der Waals surface area contributed by atoms with E-state index in [1.165, 1.54) is 6.92 Å². The van der Waals surface area contributed by atoms with E-state index >= 15 is 0 Å². The predicted molar refractivity (Wildman–Crippen MR) is 42.7 cm³/mol. The molecular weight excluding hydrogens is 176 g/mol. The first-order chi connectivity index (χ1) is 5.95. The van der Waals surface area contributed by atoms with Gasteiger partial charge in [-0.2, -0.15) is 0 Å². The molecule has 5 atom stereocenters. The van der Waals surface area contributed by atoms with Crippen molar-refractivity contribution in [3.8, 4) is 0 Å². The number of aliphatic hydroxyl groups excluding tert-OH is 3. The van der Waals surface area contributed by atoms with Gasteiger partial charge in [-0.25, -0.2) is 0 Å². The van der Waals surface area contributed by atoms with Crippen LogP contribution in [0.15, 0.2) is 0 Å². The Morgan fingerprint density at radius 1 is 1.23 bits per heavy atom. The second-order valence-electron chi connectivity index (χ2n) is 3.40. The van der Waals surface area contributed by atoms with Crippen LogP contribution >= 0.6 is 0 Å². The van der Waals surface area contributed by atoms with E-state index < -0.39 is 30.5 Å². The van der Waals surface area contributed by atoms with Gasteiger partial charge in [0.15, 0.2) is 12.1 Å². The van der Waals surface area contributed by atoms with Crippen molar-refractivity contribution in [3.05, 3.63) is 0 Å². The minimum Gasteiger partial charge on any atom is -0.390 e. The summed E-state index contributed by atoms with van der Waals surface area (Å²) in [7, 11) is 0. The summed E-state index contributed by atoms with van der Waals surface area (Å²) < 4.78 is 4.75. The Morgan fingerprint density at radius 3 is 2.23 bits per heavy atom. The fourth-order valence-corrected chi connectivity index (χ4v) is 1.38. The molecule has 1 heterocycles. The first-order valence-corrected chi connectivity index (χ1v) is 4.15. The fourth-order valence-electron chi connectivity index (χ4n) is 1.38. The summed E-state index contributed by atoms with van der Waals surface area (Å²) in [6.45, 7) is 2.82. The molecule has 1 saturated heterocycles. The Hall–Kier alpha value is -0.490. The van der Waals surface area contributed by atoms with Crippen LogP contribution in [0, 0.1) is 5.92 Å². The van der Waals surface area contributed by atoms with Crippen LogP contribution < -0.4 is 0 Å². The lowest BCUT2D eigenvalue weighted by molar-refractivity contribution is -0.258. The first kappa shape index (κ1) is 10.6. The number of carbonyl (C=O) groups excluding carboxylic acids is 1. The fraction of sp³-hybridized carbons (Fsp3) is 0.875. The highest BCUT2D eigenvalue weighted by Gasteiger charge is 2.43. The molecule has 5 heteroatoms. The molecular formula is C8H14O5. The average molecular weight is 190 g/mol. The van der Waals surface area contributed by atoms with Gasteiger partial charge in [0, 0.05) is 5.92 Å². The molecule has 1 aliphatic heterocycles. The van der Waals surface area contributed by atoms with Crippen LogP contribution in [0.2, 0.25) is 0 Å². The summed E-state index contributed by atoms with van der Waals surface area (Å²) in [6.07, 6.45) is -4.64. The highest BCUT2D eigenvalue weighted by Crippen LogP contribution is 2.24. The number of Topliss-reactive ketones (excluding diaryl/α,β-unsaturated/α-hetero) is 1. The maximum atomic E-state index is 10.9. The molecule has 3 unspecified atom stereocenters. The van der Waals surface area contributed by atoms with E-state index in [1.807, 2.05) is 0 Å². The Bertz CT molecular complexity index is 205. The molecule has 0 amide bonds. The summed E-state index contributed by atoms with van der Waals surface area (Å²) >= 11 is 0. The second-order valence-corrected chi connectivity index (χ2v) is 3.40. The molecule has 1 aliphatic rings. The van der Waals surface area contributed by atoms with Gasteiger partial charge in [0.2, 0.25) is 0 Å². The van der Waals surface area contributed by atoms with E-state index in [0.717, 1.165) is 0 Å². The summed E-state index contributed by atoms with van der Waals surface area (Å²) in [5.41, 5.74) is 0. The summed E-state index contributed by atoms with van der Waals surface area (Å²) in [4.78, 5) is 10.9. The van der Waals surface area contributed by atoms with Gasteiger partial charge in [0.05, 0.1) is 6.10 Å². The highest BCUT2D eigenvalue weighted by atomic mass is 16.6. The Kier molecular flexibility index (Phi) is 3.02. The van der Waals surface area contributed by atoms with E-state index in [-0.39, 0.29) is 5.78 Å². The average Bonchev–Trinajstić information content (AvgIpc) is 2.07. The Labute approximate surface area is 75.9 Å². The van der Waals surface area contributed by atoms with Crippen LogP contribution in [0.4, 0.5) is 0 Å². The molecule has 0 bridgehead atoms. The molecule has 3 N–H and O–H groups in total. The molecule has 0 radical (unpaired) electrons. The predicted octanol–water partition coefficient (Wildman–Crippen LogP) is -1.35. The van der Waals surface area contributed by atoms with Crippen molar-refractivity contribution in [2.75, 3.05) is 0 Å². The number of hydrogen-bond acceptors (Lipinski definition) is 5. The zero-order valence-corrected chi connectivity index (χ0v) is 7.54. The number of ketones is 1. The zero-order valence-electron chi connectivity index (χ0n) is 7.54. The molecule has 0 aromatic heterocycles.